The Morgan fingerprint density at radius 2 is 1.03 bits per heavy atom. The molecule has 1 nitrogen and oxygen atoms in total. The highest BCUT2D eigenvalue weighted by molar-refractivity contribution is 7.69. The first-order valence-corrected chi connectivity index (χ1v) is 11.7. The molecule has 2 heteroatoms. The lowest BCUT2D eigenvalue weighted by Gasteiger charge is -2.50. The molecule has 0 atom stereocenters. The van der Waals surface area contributed by atoms with Crippen molar-refractivity contribution in [2.24, 2.45) is 0 Å². The fraction of sp³-hybridized carbons (Fsp3) is 0.296. The lowest BCUT2D eigenvalue weighted by Crippen LogP contribution is -2.44. The van der Waals surface area contributed by atoms with Crippen molar-refractivity contribution in [1.82, 2.24) is 0 Å². The van der Waals surface area contributed by atoms with Crippen LogP contribution in [0, 0.1) is 0 Å². The zero-order valence-electron chi connectivity index (χ0n) is 17.8. The van der Waals surface area contributed by atoms with Crippen molar-refractivity contribution >= 4 is 19.0 Å². The number of carbonyl (C=O) groups excluding carboxylic acids is 1. The van der Waals surface area contributed by atoms with E-state index in [1.165, 1.54) is 27.6 Å². The van der Waals surface area contributed by atoms with E-state index in [0.29, 0.717) is 18.6 Å². The number of rotatable bonds is 3. The van der Waals surface area contributed by atoms with Crippen molar-refractivity contribution in [3.63, 3.8) is 0 Å². The average molecular weight is 401 g/mol. The third kappa shape index (κ3) is 3.81. The Labute approximate surface area is 175 Å². The van der Waals surface area contributed by atoms with Gasteiger partial charge in [0.1, 0.15) is 5.78 Å². The van der Waals surface area contributed by atoms with Gasteiger partial charge in [-0.25, -0.2) is 0 Å². The van der Waals surface area contributed by atoms with Crippen LogP contribution in [0.3, 0.4) is 0 Å². The standard InChI is InChI=1S/C27H29OP/c1-26(2)18-22(28)19-27(3,4)29(26)25-23(20-12-7-5-8-13-20)16-11-17-24(25)21-14-9-6-10-15-21/h5-17H,18-19H2,1-4H3. The van der Waals surface area contributed by atoms with Crippen LogP contribution < -0.4 is 5.30 Å². The van der Waals surface area contributed by atoms with Gasteiger partial charge in [-0.3, -0.25) is 4.79 Å². The first-order valence-electron chi connectivity index (χ1n) is 10.4. The van der Waals surface area contributed by atoms with E-state index < -0.39 is 7.92 Å². The predicted octanol–water partition coefficient (Wildman–Crippen LogP) is 7.05. The summed E-state index contributed by atoms with van der Waals surface area (Å²) in [5.74, 6) is 0.400. The minimum atomic E-state index is -0.590. The van der Waals surface area contributed by atoms with Gasteiger partial charge < -0.3 is 0 Å². The third-order valence-corrected chi connectivity index (χ3v) is 9.57. The molecule has 0 aliphatic carbocycles. The molecule has 0 radical (unpaired) electrons. The van der Waals surface area contributed by atoms with Gasteiger partial charge in [-0.2, -0.15) is 0 Å². The van der Waals surface area contributed by atoms with Crippen molar-refractivity contribution < 1.29 is 4.79 Å². The van der Waals surface area contributed by atoms with Gasteiger partial charge in [0, 0.05) is 12.8 Å². The summed E-state index contributed by atoms with van der Waals surface area (Å²) in [6, 6.07) is 28.1. The third-order valence-electron chi connectivity index (χ3n) is 5.90. The maximum absolute atomic E-state index is 12.6. The first kappa shape index (κ1) is 20.0. The zero-order chi connectivity index (χ0) is 20.6. The van der Waals surface area contributed by atoms with Crippen molar-refractivity contribution in [2.75, 3.05) is 0 Å². The Morgan fingerprint density at radius 3 is 1.45 bits per heavy atom. The van der Waals surface area contributed by atoms with Crippen molar-refractivity contribution in [2.45, 2.75) is 50.8 Å². The van der Waals surface area contributed by atoms with Crippen LogP contribution in [0.2, 0.25) is 0 Å². The van der Waals surface area contributed by atoms with Gasteiger partial charge in [0.25, 0.3) is 0 Å². The number of hydrogen-bond donors (Lipinski definition) is 0. The summed E-state index contributed by atoms with van der Waals surface area (Å²) in [6.07, 6.45) is 1.33. The van der Waals surface area contributed by atoms with Gasteiger partial charge in [-0.1, -0.05) is 114 Å². The highest BCUT2D eigenvalue weighted by Gasteiger charge is 2.49. The quantitative estimate of drug-likeness (QED) is 0.431. The molecule has 1 aliphatic heterocycles. The maximum atomic E-state index is 12.6. The fourth-order valence-corrected chi connectivity index (χ4v) is 9.50. The molecule has 0 aromatic heterocycles. The van der Waals surface area contributed by atoms with E-state index in [1.807, 2.05) is 0 Å². The molecular weight excluding hydrogens is 371 g/mol. The van der Waals surface area contributed by atoms with E-state index in [0.717, 1.165) is 0 Å². The number of carbonyl (C=O) groups is 1. The van der Waals surface area contributed by atoms with Crippen LogP contribution >= 0.6 is 7.92 Å². The number of benzene rings is 3. The number of Topliss-reactive ketones (excluding diaryl/α,β-unsaturated/α-hetero) is 1. The molecule has 1 saturated heterocycles. The van der Waals surface area contributed by atoms with Crippen LogP contribution in [0.15, 0.2) is 78.9 Å². The lowest BCUT2D eigenvalue weighted by atomic mass is 9.96. The van der Waals surface area contributed by atoms with E-state index in [4.69, 9.17) is 0 Å². The van der Waals surface area contributed by atoms with Crippen LogP contribution in [0.4, 0.5) is 0 Å². The summed E-state index contributed by atoms with van der Waals surface area (Å²) >= 11 is 0. The van der Waals surface area contributed by atoms with Gasteiger partial charge in [0.15, 0.2) is 0 Å². The summed E-state index contributed by atoms with van der Waals surface area (Å²) in [6.45, 7) is 9.20. The summed E-state index contributed by atoms with van der Waals surface area (Å²) in [5.41, 5.74) is 5.14. The Morgan fingerprint density at radius 1 is 0.621 bits per heavy atom. The summed E-state index contributed by atoms with van der Waals surface area (Å²) in [7, 11) is -0.590. The number of hydrogen-bond acceptors (Lipinski definition) is 1. The van der Waals surface area contributed by atoms with Crippen LogP contribution in [0.25, 0.3) is 22.3 Å². The van der Waals surface area contributed by atoms with Gasteiger partial charge in [-0.15, -0.1) is 0 Å². The van der Waals surface area contributed by atoms with E-state index in [2.05, 4.69) is 107 Å². The van der Waals surface area contributed by atoms with Crippen molar-refractivity contribution in [3.05, 3.63) is 78.9 Å². The molecule has 148 valence electrons. The maximum Gasteiger partial charge on any atom is 0.134 e. The molecule has 0 spiro atoms. The molecule has 0 bridgehead atoms. The van der Waals surface area contributed by atoms with E-state index >= 15 is 0 Å². The zero-order valence-corrected chi connectivity index (χ0v) is 18.7. The second-order valence-electron chi connectivity index (χ2n) is 9.29. The number of ketones is 1. The van der Waals surface area contributed by atoms with Gasteiger partial charge in [0.2, 0.25) is 0 Å². The van der Waals surface area contributed by atoms with Crippen LogP contribution in [0.5, 0.6) is 0 Å². The Balaban J connectivity index is 2.03. The van der Waals surface area contributed by atoms with E-state index in [-0.39, 0.29) is 10.3 Å². The largest absolute Gasteiger partial charge is 0.300 e. The van der Waals surface area contributed by atoms with E-state index in [9.17, 15) is 4.79 Å². The minimum Gasteiger partial charge on any atom is -0.300 e. The van der Waals surface area contributed by atoms with Gasteiger partial charge in [0.05, 0.1) is 0 Å². The van der Waals surface area contributed by atoms with Crippen LogP contribution in [-0.4, -0.2) is 16.1 Å². The predicted molar refractivity (Wildman–Crippen MR) is 126 cm³/mol. The molecule has 4 rings (SSSR count). The summed E-state index contributed by atoms with van der Waals surface area (Å²) < 4.78 is 0. The molecular formula is C27H29OP. The van der Waals surface area contributed by atoms with E-state index in [1.54, 1.807) is 0 Å². The minimum absolute atomic E-state index is 0.0391. The first-order chi connectivity index (χ1) is 13.8. The lowest BCUT2D eigenvalue weighted by molar-refractivity contribution is -0.120. The molecule has 0 unspecified atom stereocenters. The summed E-state index contributed by atoms with van der Waals surface area (Å²) in [5, 5.41) is 1.37. The van der Waals surface area contributed by atoms with Gasteiger partial charge >= 0.3 is 0 Å². The second-order valence-corrected chi connectivity index (χ2v) is 12.8. The van der Waals surface area contributed by atoms with Gasteiger partial charge in [-0.05, 0) is 37.9 Å². The second kappa shape index (κ2) is 7.54. The smallest absolute Gasteiger partial charge is 0.134 e. The molecule has 29 heavy (non-hydrogen) atoms. The highest BCUT2D eigenvalue weighted by Crippen LogP contribution is 2.66. The van der Waals surface area contributed by atoms with Crippen LogP contribution in [0.1, 0.15) is 40.5 Å². The normalized spacial score (nSPS) is 18.6. The molecule has 3 aromatic carbocycles. The molecule has 1 heterocycles. The highest BCUT2D eigenvalue weighted by atomic mass is 31.1. The fourth-order valence-electron chi connectivity index (χ4n) is 5.10. The molecule has 0 saturated carbocycles. The summed E-state index contributed by atoms with van der Waals surface area (Å²) in [4.78, 5) is 12.6. The molecule has 0 amide bonds. The Kier molecular flexibility index (Phi) is 5.21. The van der Waals surface area contributed by atoms with Crippen LogP contribution in [-0.2, 0) is 4.79 Å². The SMILES string of the molecule is CC1(C)CC(=O)CC(C)(C)P1c1c(-c2ccccc2)cccc1-c1ccccc1. The van der Waals surface area contributed by atoms with Crippen molar-refractivity contribution in [1.29, 1.82) is 0 Å². The Bertz CT molecular complexity index is 941. The average Bonchev–Trinajstić information content (AvgIpc) is 2.67. The monoisotopic (exact) mass is 400 g/mol. The topological polar surface area (TPSA) is 17.1 Å². The molecule has 3 aromatic rings. The molecule has 0 N–H and O–H groups in total. The molecule has 1 aliphatic rings. The van der Waals surface area contributed by atoms with Crippen molar-refractivity contribution in [3.8, 4) is 22.3 Å². The molecule has 1 fully saturated rings. The Hall–Kier alpha value is -2.24.